The maximum Gasteiger partial charge on any atom is 0.313 e. The predicted molar refractivity (Wildman–Crippen MR) is 147 cm³/mol. The van der Waals surface area contributed by atoms with Crippen LogP contribution in [0.5, 0.6) is 5.75 Å². The number of nitrogens with one attached hydrogen (secondary N) is 3. The Morgan fingerprint density at radius 2 is 1.56 bits per heavy atom. The van der Waals surface area contributed by atoms with Crippen LogP contribution in [-0.4, -0.2) is 41.9 Å². The largest absolute Gasteiger partial charge is 0.496 e. The SMILES string of the molecule is COc1cc(NC(=O)C(=O)NC(C)(C)CNC(=O)C(c2ccccc2)c2ccccc2)ccc1-c1cnco1. The minimum atomic E-state index is -0.907. The number of rotatable bonds is 9. The molecule has 0 bridgehead atoms. The molecule has 3 N–H and O–H groups in total. The Hall–Kier alpha value is -4.92. The lowest BCUT2D eigenvalue weighted by Gasteiger charge is -2.27. The van der Waals surface area contributed by atoms with E-state index in [0.29, 0.717) is 22.8 Å². The van der Waals surface area contributed by atoms with Gasteiger partial charge in [0.2, 0.25) is 5.91 Å². The quantitative estimate of drug-likeness (QED) is 0.282. The summed E-state index contributed by atoms with van der Waals surface area (Å²) in [6.45, 7) is 3.57. The third-order valence-electron chi connectivity index (χ3n) is 6.05. The molecule has 200 valence electrons. The van der Waals surface area contributed by atoms with Gasteiger partial charge in [-0.2, -0.15) is 0 Å². The molecule has 0 fully saturated rings. The smallest absolute Gasteiger partial charge is 0.313 e. The number of ether oxygens (including phenoxy) is 1. The fourth-order valence-electron chi connectivity index (χ4n) is 4.11. The number of amides is 3. The summed E-state index contributed by atoms with van der Waals surface area (Å²) in [5, 5.41) is 8.20. The molecule has 0 spiro atoms. The van der Waals surface area contributed by atoms with Gasteiger partial charge >= 0.3 is 11.8 Å². The Labute approximate surface area is 226 Å². The van der Waals surface area contributed by atoms with E-state index in [1.54, 1.807) is 38.2 Å². The lowest BCUT2D eigenvalue weighted by Crippen LogP contribution is -2.54. The molecule has 1 aromatic heterocycles. The standard InChI is InChI=1S/C30H30N4O5/c1-30(2,18-32-27(35)26(20-10-6-4-7-11-20)21-12-8-5-9-13-21)34-29(37)28(36)33-22-14-15-23(24(16-22)38-3)25-17-31-19-39-25/h4-17,19,26H,18H2,1-3H3,(H,32,35)(H,33,36)(H,34,37). The number of hydrogen-bond donors (Lipinski definition) is 3. The van der Waals surface area contributed by atoms with Gasteiger partial charge in [-0.25, -0.2) is 4.98 Å². The number of carbonyl (C=O) groups excluding carboxylic acids is 3. The van der Waals surface area contributed by atoms with Crippen molar-refractivity contribution in [3.63, 3.8) is 0 Å². The van der Waals surface area contributed by atoms with Crippen molar-refractivity contribution < 1.29 is 23.5 Å². The minimum absolute atomic E-state index is 0.112. The van der Waals surface area contributed by atoms with E-state index in [1.165, 1.54) is 13.5 Å². The second-order valence-electron chi connectivity index (χ2n) is 9.55. The highest BCUT2D eigenvalue weighted by atomic mass is 16.5. The first-order valence-corrected chi connectivity index (χ1v) is 12.4. The third-order valence-corrected chi connectivity index (χ3v) is 6.05. The molecular weight excluding hydrogens is 496 g/mol. The van der Waals surface area contributed by atoms with Gasteiger partial charge in [0.25, 0.3) is 0 Å². The van der Waals surface area contributed by atoms with Crippen LogP contribution < -0.4 is 20.7 Å². The summed E-state index contributed by atoms with van der Waals surface area (Å²) in [4.78, 5) is 42.5. The molecule has 0 saturated carbocycles. The lowest BCUT2D eigenvalue weighted by atomic mass is 9.90. The third kappa shape index (κ3) is 6.89. The van der Waals surface area contributed by atoms with Crippen molar-refractivity contribution in [3.8, 4) is 17.1 Å². The zero-order valence-corrected chi connectivity index (χ0v) is 21.9. The van der Waals surface area contributed by atoms with Crippen LogP contribution in [-0.2, 0) is 14.4 Å². The number of anilines is 1. The maximum absolute atomic E-state index is 13.3. The summed E-state index contributed by atoms with van der Waals surface area (Å²) in [6.07, 6.45) is 2.86. The Morgan fingerprint density at radius 3 is 2.13 bits per heavy atom. The second-order valence-corrected chi connectivity index (χ2v) is 9.55. The molecule has 0 aliphatic rings. The number of nitrogens with zero attached hydrogens (tertiary/aromatic N) is 1. The van der Waals surface area contributed by atoms with Crippen LogP contribution in [0.4, 0.5) is 5.69 Å². The van der Waals surface area contributed by atoms with E-state index in [1.807, 2.05) is 60.7 Å². The van der Waals surface area contributed by atoms with E-state index < -0.39 is 23.3 Å². The van der Waals surface area contributed by atoms with Crippen LogP contribution in [0, 0.1) is 0 Å². The van der Waals surface area contributed by atoms with Gasteiger partial charge < -0.3 is 25.1 Å². The highest BCUT2D eigenvalue weighted by molar-refractivity contribution is 6.39. The van der Waals surface area contributed by atoms with Crippen molar-refractivity contribution in [1.82, 2.24) is 15.6 Å². The van der Waals surface area contributed by atoms with E-state index in [0.717, 1.165) is 11.1 Å². The molecule has 0 saturated heterocycles. The van der Waals surface area contributed by atoms with Crippen molar-refractivity contribution in [2.75, 3.05) is 19.0 Å². The molecule has 0 radical (unpaired) electrons. The molecule has 4 aromatic rings. The first-order chi connectivity index (χ1) is 18.8. The van der Waals surface area contributed by atoms with Gasteiger partial charge in [0.15, 0.2) is 12.2 Å². The minimum Gasteiger partial charge on any atom is -0.496 e. The van der Waals surface area contributed by atoms with Crippen LogP contribution in [0.3, 0.4) is 0 Å². The lowest BCUT2D eigenvalue weighted by molar-refractivity contribution is -0.137. The van der Waals surface area contributed by atoms with Crippen molar-refractivity contribution in [2.24, 2.45) is 0 Å². The van der Waals surface area contributed by atoms with Gasteiger partial charge in [0.1, 0.15) is 5.75 Å². The van der Waals surface area contributed by atoms with Crippen molar-refractivity contribution >= 4 is 23.4 Å². The summed E-state index contributed by atoms with van der Waals surface area (Å²) >= 11 is 0. The van der Waals surface area contributed by atoms with Gasteiger partial charge in [0, 0.05) is 18.3 Å². The highest BCUT2D eigenvalue weighted by Crippen LogP contribution is 2.32. The molecule has 0 aliphatic heterocycles. The highest BCUT2D eigenvalue weighted by Gasteiger charge is 2.28. The molecule has 4 rings (SSSR count). The van der Waals surface area contributed by atoms with Gasteiger partial charge in [-0.15, -0.1) is 0 Å². The fourth-order valence-corrected chi connectivity index (χ4v) is 4.11. The zero-order chi connectivity index (χ0) is 27.8. The molecule has 3 aromatic carbocycles. The number of carbonyl (C=O) groups is 3. The summed E-state index contributed by atoms with van der Waals surface area (Å²) in [5.41, 5.74) is 1.82. The van der Waals surface area contributed by atoms with Crippen LogP contribution >= 0.6 is 0 Å². The van der Waals surface area contributed by atoms with Gasteiger partial charge in [0.05, 0.1) is 30.3 Å². The summed E-state index contributed by atoms with van der Waals surface area (Å²) in [5.74, 6) is -1.46. The molecular formula is C30H30N4O5. The molecule has 0 aliphatic carbocycles. The predicted octanol–water partition coefficient (Wildman–Crippen LogP) is 4.13. The van der Waals surface area contributed by atoms with E-state index >= 15 is 0 Å². The molecule has 3 amide bonds. The van der Waals surface area contributed by atoms with E-state index in [4.69, 9.17) is 9.15 Å². The first-order valence-electron chi connectivity index (χ1n) is 12.4. The normalized spacial score (nSPS) is 11.1. The number of oxazole rings is 1. The van der Waals surface area contributed by atoms with Crippen LogP contribution in [0.15, 0.2) is 95.9 Å². The monoisotopic (exact) mass is 526 g/mol. The van der Waals surface area contributed by atoms with Crippen LogP contribution in [0.2, 0.25) is 0 Å². The molecule has 1 heterocycles. The molecule has 9 nitrogen and oxygen atoms in total. The fraction of sp³-hybridized carbons (Fsp3) is 0.200. The Bertz CT molecular complexity index is 1380. The summed E-state index contributed by atoms with van der Waals surface area (Å²) in [7, 11) is 1.49. The van der Waals surface area contributed by atoms with E-state index in [-0.39, 0.29) is 12.5 Å². The topological polar surface area (TPSA) is 123 Å². The zero-order valence-electron chi connectivity index (χ0n) is 21.9. The Morgan fingerprint density at radius 1 is 0.923 bits per heavy atom. The molecule has 9 heteroatoms. The van der Waals surface area contributed by atoms with Crippen LogP contribution in [0.25, 0.3) is 11.3 Å². The Balaban J connectivity index is 1.38. The van der Waals surface area contributed by atoms with Crippen molar-refractivity contribution in [2.45, 2.75) is 25.3 Å². The number of aromatic nitrogens is 1. The molecule has 0 atom stereocenters. The summed E-state index contributed by atoms with van der Waals surface area (Å²) in [6, 6.07) is 23.9. The summed E-state index contributed by atoms with van der Waals surface area (Å²) < 4.78 is 10.7. The first kappa shape index (κ1) is 27.1. The van der Waals surface area contributed by atoms with E-state index in [9.17, 15) is 14.4 Å². The average molecular weight is 527 g/mol. The van der Waals surface area contributed by atoms with Crippen molar-refractivity contribution in [3.05, 3.63) is 103 Å². The van der Waals surface area contributed by atoms with Crippen LogP contribution in [0.1, 0.15) is 30.9 Å². The number of hydrogen-bond acceptors (Lipinski definition) is 6. The van der Waals surface area contributed by atoms with E-state index in [2.05, 4.69) is 20.9 Å². The van der Waals surface area contributed by atoms with Crippen molar-refractivity contribution in [1.29, 1.82) is 0 Å². The number of methoxy groups -OCH3 is 1. The maximum atomic E-state index is 13.3. The van der Waals surface area contributed by atoms with Gasteiger partial charge in [-0.1, -0.05) is 60.7 Å². The molecule has 0 unspecified atom stereocenters. The number of benzene rings is 3. The molecule has 39 heavy (non-hydrogen) atoms. The van der Waals surface area contributed by atoms with Gasteiger partial charge in [-0.3, -0.25) is 14.4 Å². The second kappa shape index (κ2) is 12.1. The van der Waals surface area contributed by atoms with Gasteiger partial charge in [-0.05, 0) is 37.1 Å². The average Bonchev–Trinajstić information content (AvgIpc) is 3.48. The Kier molecular flexibility index (Phi) is 8.40.